The Labute approximate surface area is 195 Å². The van der Waals surface area contributed by atoms with Gasteiger partial charge in [0.2, 0.25) is 17.7 Å². The van der Waals surface area contributed by atoms with Crippen LogP contribution in [0.3, 0.4) is 0 Å². The van der Waals surface area contributed by atoms with Crippen LogP contribution in [0.2, 0.25) is 5.02 Å². The monoisotopic (exact) mass is 469 g/mol. The standard InChI is InChI=1S/C24H24ClN3O5/c1-23(2,3)28-20(31)18-15(8-11-4-7-16(29)17(30)9-11)27-24(19(18)21(28)32)13-10-12(25)5-6-14(13)26-22(24)33/h4-7,9-10,15,18-19,27,29-30H,8H2,1-3H3,(H,26,33)/t15-,18-,19+,24+/m1/s1. The average molecular weight is 470 g/mol. The van der Waals surface area contributed by atoms with Crippen LogP contribution < -0.4 is 10.6 Å². The van der Waals surface area contributed by atoms with E-state index in [1.54, 1.807) is 45.0 Å². The molecule has 0 saturated carbocycles. The molecule has 33 heavy (non-hydrogen) atoms. The molecule has 8 nitrogen and oxygen atoms in total. The van der Waals surface area contributed by atoms with Crippen molar-refractivity contribution >= 4 is 35.0 Å². The largest absolute Gasteiger partial charge is 0.504 e. The molecule has 3 aliphatic heterocycles. The molecule has 0 aliphatic carbocycles. The Balaban J connectivity index is 1.66. The van der Waals surface area contributed by atoms with E-state index in [1.165, 1.54) is 17.0 Å². The molecule has 3 amide bonds. The van der Waals surface area contributed by atoms with Gasteiger partial charge in [-0.05, 0) is 63.1 Å². The number of hydrogen-bond acceptors (Lipinski definition) is 6. The van der Waals surface area contributed by atoms with Crippen molar-refractivity contribution in [1.82, 2.24) is 10.2 Å². The Morgan fingerprint density at radius 1 is 1.03 bits per heavy atom. The molecule has 0 bridgehead atoms. The second-order valence-electron chi connectivity index (χ2n) is 9.92. The molecule has 5 rings (SSSR count). The Morgan fingerprint density at radius 3 is 2.42 bits per heavy atom. The third-order valence-electron chi connectivity index (χ3n) is 6.84. The summed E-state index contributed by atoms with van der Waals surface area (Å²) in [6.45, 7) is 5.36. The van der Waals surface area contributed by atoms with Gasteiger partial charge >= 0.3 is 0 Å². The van der Waals surface area contributed by atoms with E-state index in [1.807, 2.05) is 0 Å². The van der Waals surface area contributed by atoms with Crippen LogP contribution in [-0.2, 0) is 26.3 Å². The van der Waals surface area contributed by atoms with Gasteiger partial charge in [0, 0.05) is 27.9 Å². The number of carbonyl (C=O) groups excluding carboxylic acids is 3. The van der Waals surface area contributed by atoms with Gasteiger partial charge in [0.1, 0.15) is 5.54 Å². The molecule has 2 aromatic rings. The number of phenolic OH excluding ortho intramolecular Hbond substituents is 2. The number of benzene rings is 2. The van der Waals surface area contributed by atoms with Gasteiger partial charge < -0.3 is 15.5 Å². The van der Waals surface area contributed by atoms with Gasteiger partial charge in [-0.25, -0.2) is 0 Å². The molecule has 0 aromatic heterocycles. The average Bonchev–Trinajstić information content (AvgIpc) is 3.29. The highest BCUT2D eigenvalue weighted by Gasteiger charge is 2.71. The number of amides is 3. The fraction of sp³-hybridized carbons (Fsp3) is 0.375. The van der Waals surface area contributed by atoms with E-state index >= 15 is 0 Å². The SMILES string of the molecule is CC(C)(C)N1C(=O)[C@H]2[C@@H](C1=O)[C@]1(N[C@@H]2Cc2ccc(O)c(O)c2)C(=O)Nc2ccc(Cl)cc21. The summed E-state index contributed by atoms with van der Waals surface area (Å²) in [5.41, 5.74) is -0.456. The third kappa shape index (κ3) is 2.97. The quantitative estimate of drug-likeness (QED) is 0.396. The van der Waals surface area contributed by atoms with Crippen molar-refractivity contribution in [3.8, 4) is 11.5 Å². The lowest BCUT2D eigenvalue weighted by Crippen LogP contribution is -2.56. The Hall–Kier alpha value is -3.10. The molecule has 3 aliphatic rings. The number of hydrogen-bond donors (Lipinski definition) is 4. The zero-order valence-corrected chi connectivity index (χ0v) is 19.1. The number of aromatic hydroxyl groups is 2. The van der Waals surface area contributed by atoms with E-state index < -0.39 is 40.8 Å². The number of nitrogens with zero attached hydrogens (tertiary/aromatic N) is 1. The molecule has 4 N–H and O–H groups in total. The molecule has 4 atom stereocenters. The highest BCUT2D eigenvalue weighted by molar-refractivity contribution is 6.31. The highest BCUT2D eigenvalue weighted by Crippen LogP contribution is 2.54. The van der Waals surface area contributed by atoms with E-state index in [0.29, 0.717) is 21.8 Å². The molecule has 3 heterocycles. The van der Waals surface area contributed by atoms with Gasteiger partial charge in [-0.3, -0.25) is 24.6 Å². The van der Waals surface area contributed by atoms with Crippen molar-refractivity contribution in [2.75, 3.05) is 5.32 Å². The fourth-order valence-corrected chi connectivity index (χ4v) is 5.73. The smallest absolute Gasteiger partial charge is 0.250 e. The molecule has 172 valence electrons. The lowest BCUT2D eigenvalue weighted by molar-refractivity contribution is -0.147. The summed E-state index contributed by atoms with van der Waals surface area (Å²) < 4.78 is 0. The van der Waals surface area contributed by atoms with Crippen LogP contribution in [0.15, 0.2) is 36.4 Å². The number of carbonyl (C=O) groups is 3. The van der Waals surface area contributed by atoms with Crippen molar-refractivity contribution in [3.63, 3.8) is 0 Å². The van der Waals surface area contributed by atoms with E-state index in [9.17, 15) is 24.6 Å². The van der Waals surface area contributed by atoms with Crippen molar-refractivity contribution in [2.24, 2.45) is 11.8 Å². The zero-order chi connectivity index (χ0) is 23.9. The Kier molecular flexibility index (Phi) is 4.58. The minimum Gasteiger partial charge on any atom is -0.504 e. The Morgan fingerprint density at radius 2 is 1.76 bits per heavy atom. The zero-order valence-electron chi connectivity index (χ0n) is 18.3. The second kappa shape index (κ2) is 6.95. The van der Waals surface area contributed by atoms with Gasteiger partial charge in [-0.1, -0.05) is 17.7 Å². The van der Waals surface area contributed by atoms with Gasteiger partial charge in [-0.2, -0.15) is 0 Å². The molecular weight excluding hydrogens is 446 g/mol. The van der Waals surface area contributed by atoms with Crippen LogP contribution in [0.1, 0.15) is 31.9 Å². The van der Waals surface area contributed by atoms with Gasteiger partial charge in [-0.15, -0.1) is 0 Å². The maximum absolute atomic E-state index is 13.7. The molecule has 2 fully saturated rings. The summed E-state index contributed by atoms with van der Waals surface area (Å²) in [5, 5.41) is 26.2. The molecule has 0 radical (unpaired) electrons. The first-order chi connectivity index (χ1) is 15.4. The van der Waals surface area contributed by atoms with E-state index in [0.717, 1.165) is 0 Å². The first-order valence-electron chi connectivity index (χ1n) is 10.7. The molecule has 2 saturated heterocycles. The third-order valence-corrected chi connectivity index (χ3v) is 7.08. The summed E-state index contributed by atoms with van der Waals surface area (Å²) in [4.78, 5) is 42.0. The molecule has 1 spiro atoms. The number of rotatable bonds is 2. The van der Waals surface area contributed by atoms with Crippen LogP contribution >= 0.6 is 11.6 Å². The van der Waals surface area contributed by atoms with Gasteiger partial charge in [0.15, 0.2) is 11.5 Å². The lowest BCUT2D eigenvalue weighted by atomic mass is 9.76. The van der Waals surface area contributed by atoms with Crippen molar-refractivity contribution in [3.05, 3.63) is 52.5 Å². The molecule has 9 heteroatoms. The first-order valence-corrected chi connectivity index (χ1v) is 11.1. The van der Waals surface area contributed by atoms with Crippen molar-refractivity contribution < 1.29 is 24.6 Å². The number of nitrogens with one attached hydrogen (secondary N) is 2. The minimum absolute atomic E-state index is 0.253. The molecule has 0 unspecified atom stereocenters. The summed E-state index contributed by atoms with van der Waals surface area (Å²) >= 11 is 6.26. The number of imide groups is 1. The van der Waals surface area contributed by atoms with Crippen LogP contribution in [0, 0.1) is 11.8 Å². The van der Waals surface area contributed by atoms with E-state index in [2.05, 4.69) is 10.6 Å². The number of phenols is 2. The topological polar surface area (TPSA) is 119 Å². The highest BCUT2D eigenvalue weighted by atomic mass is 35.5. The minimum atomic E-state index is -1.44. The van der Waals surface area contributed by atoms with Crippen LogP contribution in [0.4, 0.5) is 5.69 Å². The predicted octanol–water partition coefficient (Wildman–Crippen LogP) is 2.51. The van der Waals surface area contributed by atoms with E-state index in [-0.39, 0.29) is 23.8 Å². The first kappa shape index (κ1) is 21.7. The maximum atomic E-state index is 13.7. The number of halogens is 1. The van der Waals surface area contributed by atoms with Crippen LogP contribution in [0.5, 0.6) is 11.5 Å². The lowest BCUT2D eigenvalue weighted by Gasteiger charge is -2.34. The maximum Gasteiger partial charge on any atom is 0.250 e. The Bertz CT molecular complexity index is 1220. The van der Waals surface area contributed by atoms with Crippen LogP contribution in [0.25, 0.3) is 0 Å². The van der Waals surface area contributed by atoms with E-state index in [4.69, 9.17) is 11.6 Å². The van der Waals surface area contributed by atoms with Crippen molar-refractivity contribution in [2.45, 2.75) is 44.3 Å². The second-order valence-corrected chi connectivity index (χ2v) is 10.4. The predicted molar refractivity (Wildman–Crippen MR) is 121 cm³/mol. The summed E-state index contributed by atoms with van der Waals surface area (Å²) in [6, 6.07) is 8.86. The summed E-state index contributed by atoms with van der Waals surface area (Å²) in [7, 11) is 0. The normalized spacial score (nSPS) is 28.4. The number of anilines is 1. The molecular formula is C24H24ClN3O5. The fourth-order valence-electron chi connectivity index (χ4n) is 5.56. The molecule has 2 aromatic carbocycles. The van der Waals surface area contributed by atoms with Gasteiger partial charge in [0.05, 0.1) is 11.8 Å². The summed E-state index contributed by atoms with van der Waals surface area (Å²) in [6.07, 6.45) is 0.261. The van der Waals surface area contributed by atoms with Crippen molar-refractivity contribution in [1.29, 1.82) is 0 Å². The van der Waals surface area contributed by atoms with Crippen LogP contribution in [-0.4, -0.2) is 44.4 Å². The van der Waals surface area contributed by atoms with Gasteiger partial charge in [0.25, 0.3) is 0 Å². The summed E-state index contributed by atoms with van der Waals surface area (Å²) in [5.74, 6) is -3.40. The number of likely N-dealkylation sites (tertiary alicyclic amines) is 1. The number of fused-ring (bicyclic) bond motifs is 4.